The lowest BCUT2D eigenvalue weighted by Gasteiger charge is -2.02. The normalized spacial score (nSPS) is 11.8. The van der Waals surface area contributed by atoms with E-state index >= 15 is 0 Å². The Morgan fingerprint density at radius 1 is 1.21 bits per heavy atom. The molecule has 0 radical (unpaired) electrons. The van der Waals surface area contributed by atoms with E-state index in [1.54, 1.807) is 6.07 Å². The van der Waals surface area contributed by atoms with Crippen molar-refractivity contribution in [2.75, 3.05) is 7.05 Å². The molecule has 0 spiro atoms. The third-order valence-corrected chi connectivity index (χ3v) is 6.64. The average Bonchev–Trinajstić information content (AvgIpc) is 3.19. The summed E-state index contributed by atoms with van der Waals surface area (Å²) in [7, 11) is -2.09. The predicted octanol–water partition coefficient (Wildman–Crippen LogP) is 2.64. The Morgan fingerprint density at radius 2 is 1.96 bits per heavy atom. The van der Waals surface area contributed by atoms with Gasteiger partial charge in [-0.25, -0.2) is 13.1 Å². The monoisotopic (exact) mass is 364 g/mol. The first-order valence-electron chi connectivity index (χ1n) is 7.21. The zero-order valence-corrected chi connectivity index (χ0v) is 14.8. The fourth-order valence-corrected chi connectivity index (χ4v) is 4.47. The molecule has 8 heteroatoms. The number of benzene rings is 1. The van der Waals surface area contributed by atoms with E-state index in [0.29, 0.717) is 5.58 Å². The highest BCUT2D eigenvalue weighted by Gasteiger charge is 2.18. The smallest absolute Gasteiger partial charge is 0.287 e. The molecule has 0 fully saturated rings. The van der Waals surface area contributed by atoms with Gasteiger partial charge < -0.3 is 9.73 Å². The lowest BCUT2D eigenvalue weighted by Crippen LogP contribution is -2.22. The van der Waals surface area contributed by atoms with Gasteiger partial charge in [0.2, 0.25) is 10.0 Å². The number of sulfonamides is 1. The van der Waals surface area contributed by atoms with Crippen LogP contribution in [0.25, 0.3) is 11.0 Å². The number of carbonyl (C=O) groups excluding carboxylic acids is 1. The molecule has 1 aromatic carbocycles. The van der Waals surface area contributed by atoms with Crippen LogP contribution in [0.5, 0.6) is 0 Å². The molecule has 126 valence electrons. The van der Waals surface area contributed by atoms with Crippen molar-refractivity contribution >= 4 is 38.2 Å². The molecule has 0 bridgehead atoms. The Morgan fingerprint density at radius 3 is 2.67 bits per heavy atom. The number of carbonyl (C=O) groups is 1. The Balaban J connectivity index is 1.75. The quantitative estimate of drug-likeness (QED) is 0.728. The molecule has 0 aliphatic heterocycles. The minimum atomic E-state index is -3.45. The number of rotatable bonds is 5. The zero-order chi connectivity index (χ0) is 17.3. The van der Waals surface area contributed by atoms with Crippen LogP contribution >= 0.6 is 11.3 Å². The van der Waals surface area contributed by atoms with E-state index in [-0.39, 0.29) is 22.4 Å². The van der Waals surface area contributed by atoms with Crippen LogP contribution in [0.15, 0.2) is 45.0 Å². The second kappa shape index (κ2) is 6.39. The van der Waals surface area contributed by atoms with Crippen LogP contribution in [-0.2, 0) is 16.6 Å². The van der Waals surface area contributed by atoms with Crippen LogP contribution in [-0.4, -0.2) is 21.4 Å². The van der Waals surface area contributed by atoms with Gasteiger partial charge >= 0.3 is 0 Å². The highest BCUT2D eigenvalue weighted by atomic mass is 32.2. The third-order valence-electron chi connectivity index (χ3n) is 3.64. The van der Waals surface area contributed by atoms with E-state index in [9.17, 15) is 13.2 Å². The summed E-state index contributed by atoms with van der Waals surface area (Å²) < 4.78 is 31.5. The molecule has 0 aliphatic carbocycles. The summed E-state index contributed by atoms with van der Waals surface area (Å²) in [5.41, 5.74) is 1.45. The van der Waals surface area contributed by atoms with Crippen LogP contribution in [0.3, 0.4) is 0 Å². The van der Waals surface area contributed by atoms with Crippen molar-refractivity contribution in [2.24, 2.45) is 0 Å². The zero-order valence-electron chi connectivity index (χ0n) is 13.1. The van der Waals surface area contributed by atoms with E-state index in [1.165, 1.54) is 13.1 Å². The first kappa shape index (κ1) is 16.7. The minimum Gasteiger partial charge on any atom is -0.451 e. The van der Waals surface area contributed by atoms with Gasteiger partial charge in [-0.3, -0.25) is 4.79 Å². The minimum absolute atomic E-state index is 0.217. The van der Waals surface area contributed by atoms with Gasteiger partial charge in [-0.2, -0.15) is 0 Å². The molecular formula is C16H16N2O4S2. The number of thiophene rings is 1. The first-order valence-corrected chi connectivity index (χ1v) is 9.51. The lowest BCUT2D eigenvalue weighted by atomic mass is 10.1. The van der Waals surface area contributed by atoms with E-state index in [2.05, 4.69) is 10.0 Å². The molecule has 0 saturated carbocycles. The maximum Gasteiger partial charge on any atom is 0.287 e. The van der Waals surface area contributed by atoms with E-state index < -0.39 is 10.0 Å². The van der Waals surface area contributed by atoms with Crippen molar-refractivity contribution in [1.82, 2.24) is 10.0 Å². The van der Waals surface area contributed by atoms with Gasteiger partial charge in [0.1, 0.15) is 9.79 Å². The number of amides is 1. The molecule has 2 aromatic heterocycles. The maximum absolute atomic E-state index is 12.3. The first-order chi connectivity index (χ1) is 11.4. The average molecular weight is 364 g/mol. The Hall–Kier alpha value is -2.16. The van der Waals surface area contributed by atoms with Gasteiger partial charge in [0, 0.05) is 15.8 Å². The number of aryl methyl sites for hydroxylation is 1. The highest BCUT2D eigenvalue weighted by molar-refractivity contribution is 7.91. The fourth-order valence-electron chi connectivity index (χ4n) is 2.34. The summed E-state index contributed by atoms with van der Waals surface area (Å²) >= 11 is 1.12. The van der Waals surface area contributed by atoms with Crippen molar-refractivity contribution in [3.8, 4) is 0 Å². The molecule has 3 aromatic rings. The molecule has 0 aliphatic rings. The Labute approximate surface area is 143 Å². The summed E-state index contributed by atoms with van der Waals surface area (Å²) in [5, 5.41) is 3.67. The van der Waals surface area contributed by atoms with Crippen molar-refractivity contribution in [2.45, 2.75) is 17.7 Å². The number of hydrogen-bond acceptors (Lipinski definition) is 5. The molecular weight excluding hydrogens is 348 g/mol. The van der Waals surface area contributed by atoms with Gasteiger partial charge in [-0.15, -0.1) is 11.3 Å². The van der Waals surface area contributed by atoms with Gasteiger partial charge in [0.25, 0.3) is 5.91 Å². The van der Waals surface area contributed by atoms with Crippen LogP contribution in [0.2, 0.25) is 0 Å². The summed E-state index contributed by atoms with van der Waals surface area (Å²) in [6, 6.07) is 10.7. The van der Waals surface area contributed by atoms with Gasteiger partial charge in [-0.05, 0) is 32.2 Å². The second-order valence-corrected chi connectivity index (χ2v) is 8.45. The molecule has 0 unspecified atom stereocenters. The van der Waals surface area contributed by atoms with Crippen LogP contribution in [0, 0.1) is 6.92 Å². The summed E-state index contributed by atoms with van der Waals surface area (Å²) in [6.45, 7) is 2.07. The third kappa shape index (κ3) is 3.08. The largest absolute Gasteiger partial charge is 0.451 e. The second-order valence-electron chi connectivity index (χ2n) is 5.16. The molecule has 3 rings (SSSR count). The van der Waals surface area contributed by atoms with Gasteiger partial charge in [0.15, 0.2) is 5.76 Å². The molecule has 1 amide bonds. The Kier molecular flexibility index (Phi) is 4.44. The lowest BCUT2D eigenvalue weighted by molar-refractivity contribution is 0.0925. The molecule has 2 heterocycles. The summed E-state index contributed by atoms with van der Waals surface area (Å²) in [6.07, 6.45) is 0. The number of furan rings is 1. The summed E-state index contributed by atoms with van der Waals surface area (Å²) in [5.74, 6) is -0.0500. The van der Waals surface area contributed by atoms with Gasteiger partial charge in [0.05, 0.1) is 6.54 Å². The molecule has 0 saturated heterocycles. The van der Waals surface area contributed by atoms with E-state index in [0.717, 1.165) is 27.2 Å². The number of fused-ring (bicyclic) bond motifs is 1. The SMILES string of the molecule is CNS(=O)(=O)c1ccc(CNC(=O)c2oc3ccccc3c2C)s1. The van der Waals surface area contributed by atoms with Crippen LogP contribution in [0.1, 0.15) is 21.0 Å². The molecule has 0 atom stereocenters. The van der Waals surface area contributed by atoms with Crippen LogP contribution < -0.4 is 10.0 Å². The van der Waals surface area contributed by atoms with Crippen LogP contribution in [0.4, 0.5) is 0 Å². The molecule has 6 nitrogen and oxygen atoms in total. The summed E-state index contributed by atoms with van der Waals surface area (Å²) in [4.78, 5) is 13.1. The topological polar surface area (TPSA) is 88.4 Å². The number of hydrogen-bond donors (Lipinski definition) is 2. The van der Waals surface area contributed by atoms with E-state index in [1.807, 2.05) is 31.2 Å². The van der Waals surface area contributed by atoms with Crippen molar-refractivity contribution in [3.05, 3.63) is 52.6 Å². The fraction of sp³-hybridized carbons (Fsp3) is 0.188. The van der Waals surface area contributed by atoms with Crippen molar-refractivity contribution in [1.29, 1.82) is 0 Å². The van der Waals surface area contributed by atoms with Gasteiger partial charge in [-0.1, -0.05) is 18.2 Å². The predicted molar refractivity (Wildman–Crippen MR) is 92.7 cm³/mol. The highest BCUT2D eigenvalue weighted by Crippen LogP contribution is 2.25. The standard InChI is InChI=1S/C16H16N2O4S2/c1-10-12-5-3-4-6-13(12)22-15(10)16(19)18-9-11-7-8-14(23-11)24(20,21)17-2/h3-8,17H,9H2,1-2H3,(H,18,19). The van der Waals surface area contributed by atoms with Crippen molar-refractivity contribution in [3.63, 3.8) is 0 Å². The van der Waals surface area contributed by atoms with E-state index in [4.69, 9.17) is 4.42 Å². The Bertz CT molecular complexity index is 1000. The van der Waals surface area contributed by atoms with Crippen molar-refractivity contribution < 1.29 is 17.6 Å². The molecule has 2 N–H and O–H groups in total. The molecule has 24 heavy (non-hydrogen) atoms. The number of para-hydroxylation sites is 1. The number of nitrogens with one attached hydrogen (secondary N) is 2. The maximum atomic E-state index is 12.3.